The Morgan fingerprint density at radius 2 is 2.28 bits per heavy atom. The third-order valence-electron chi connectivity index (χ3n) is 2.57. The highest BCUT2D eigenvalue weighted by atomic mass is 35.5. The Morgan fingerprint density at radius 1 is 1.44 bits per heavy atom. The average molecular weight is 269 g/mol. The number of hydrogen-bond acceptors (Lipinski definition) is 4. The Bertz CT molecular complexity index is 419. The number of nitrogens with zero attached hydrogens (tertiary/aromatic N) is 2. The molecule has 1 aliphatic carbocycles. The van der Waals surface area contributed by atoms with Crippen molar-refractivity contribution < 1.29 is 9.47 Å². The van der Waals surface area contributed by atoms with Gasteiger partial charge in [-0.2, -0.15) is 0 Å². The van der Waals surface area contributed by atoms with Gasteiger partial charge in [-0.3, -0.25) is 0 Å². The zero-order valence-electron chi connectivity index (χ0n) is 10.4. The predicted molar refractivity (Wildman–Crippen MR) is 70.1 cm³/mol. The molecular formula is C13H17ClN2O2. The van der Waals surface area contributed by atoms with Crippen LogP contribution in [0.1, 0.15) is 31.2 Å². The monoisotopic (exact) mass is 268 g/mol. The Morgan fingerprint density at radius 3 is 3.00 bits per heavy atom. The maximum Gasteiger partial charge on any atom is 0.223 e. The lowest BCUT2D eigenvalue weighted by Crippen LogP contribution is -2.01. The lowest BCUT2D eigenvalue weighted by Gasteiger charge is -2.04. The molecule has 0 N–H and O–H groups in total. The molecular weight excluding hydrogens is 252 g/mol. The largest absolute Gasteiger partial charge is 0.501 e. The molecule has 0 spiro atoms. The molecule has 1 heterocycles. The molecule has 0 aliphatic heterocycles. The van der Waals surface area contributed by atoms with E-state index in [0.29, 0.717) is 13.2 Å². The molecule has 1 saturated carbocycles. The smallest absolute Gasteiger partial charge is 0.223 e. The van der Waals surface area contributed by atoms with Gasteiger partial charge in [0.15, 0.2) is 0 Å². The van der Waals surface area contributed by atoms with E-state index in [0.717, 1.165) is 23.9 Å². The fourth-order valence-corrected chi connectivity index (χ4v) is 1.68. The van der Waals surface area contributed by atoms with E-state index in [1.54, 1.807) is 12.3 Å². The molecule has 2 rings (SSSR count). The van der Waals surface area contributed by atoms with Gasteiger partial charge in [-0.1, -0.05) is 0 Å². The highest BCUT2D eigenvalue weighted by Crippen LogP contribution is 2.29. The third-order valence-corrected chi connectivity index (χ3v) is 2.74. The fraction of sp³-hybridized carbons (Fsp3) is 0.538. The van der Waals surface area contributed by atoms with Crippen LogP contribution in [0.2, 0.25) is 5.28 Å². The van der Waals surface area contributed by atoms with Gasteiger partial charge >= 0.3 is 0 Å². The van der Waals surface area contributed by atoms with E-state index in [4.69, 9.17) is 21.1 Å². The van der Waals surface area contributed by atoms with Gasteiger partial charge in [0.25, 0.3) is 0 Å². The van der Waals surface area contributed by atoms with Gasteiger partial charge in [0.05, 0.1) is 30.9 Å². The summed E-state index contributed by atoms with van der Waals surface area (Å²) in [6.07, 6.45) is 5.94. The number of rotatable bonds is 7. The Balaban J connectivity index is 1.91. The van der Waals surface area contributed by atoms with Crippen LogP contribution in [0.4, 0.5) is 0 Å². The molecule has 0 saturated heterocycles. The van der Waals surface area contributed by atoms with E-state index in [1.807, 2.05) is 13.0 Å². The minimum Gasteiger partial charge on any atom is -0.501 e. The normalized spacial score (nSPS) is 15.2. The number of hydrogen-bond donors (Lipinski definition) is 0. The Hall–Kier alpha value is -1.13. The highest BCUT2D eigenvalue weighted by Gasteiger charge is 2.21. The molecule has 0 amide bonds. The van der Waals surface area contributed by atoms with Gasteiger partial charge in [0.2, 0.25) is 5.28 Å². The van der Waals surface area contributed by atoms with Gasteiger partial charge in [-0.15, -0.1) is 0 Å². The maximum atomic E-state index is 5.86. The third kappa shape index (κ3) is 4.63. The standard InChI is InChI=1S/C13H17ClN2O2/c1-2-17-6-5-11-7-12(16-13(14)15-11)9-18-8-10-3-4-10/h5-7,10H,2-4,8-9H2,1H3. The Labute approximate surface area is 112 Å². The second-order valence-corrected chi connectivity index (χ2v) is 4.61. The number of aromatic nitrogens is 2. The van der Waals surface area contributed by atoms with Gasteiger partial charge in [-0.05, 0) is 49.4 Å². The average Bonchev–Trinajstić information content (AvgIpc) is 3.13. The molecule has 1 fully saturated rings. The van der Waals surface area contributed by atoms with Crippen LogP contribution in [0, 0.1) is 5.92 Å². The first-order chi connectivity index (χ1) is 8.78. The topological polar surface area (TPSA) is 44.2 Å². The molecule has 1 aromatic rings. The Kier molecular flexibility index (Phi) is 4.96. The second kappa shape index (κ2) is 6.71. The van der Waals surface area contributed by atoms with Crippen molar-refractivity contribution in [3.05, 3.63) is 29.0 Å². The van der Waals surface area contributed by atoms with E-state index >= 15 is 0 Å². The molecule has 98 valence electrons. The quantitative estimate of drug-likeness (QED) is 0.563. The van der Waals surface area contributed by atoms with Gasteiger partial charge in [0.1, 0.15) is 0 Å². The summed E-state index contributed by atoms with van der Waals surface area (Å²) in [5, 5.41) is 0.235. The van der Waals surface area contributed by atoms with Crippen LogP contribution in [0.5, 0.6) is 0 Å². The van der Waals surface area contributed by atoms with Crippen LogP contribution in [-0.4, -0.2) is 23.2 Å². The summed E-state index contributed by atoms with van der Waals surface area (Å²) in [5.74, 6) is 0.750. The molecule has 0 unspecified atom stereocenters. The lowest BCUT2D eigenvalue weighted by atomic mass is 10.3. The van der Waals surface area contributed by atoms with E-state index in [1.165, 1.54) is 12.8 Å². The van der Waals surface area contributed by atoms with Crippen LogP contribution in [0.25, 0.3) is 6.08 Å². The summed E-state index contributed by atoms with van der Waals surface area (Å²) in [7, 11) is 0. The van der Waals surface area contributed by atoms with E-state index in [-0.39, 0.29) is 5.28 Å². The fourth-order valence-electron chi connectivity index (χ4n) is 1.47. The van der Waals surface area contributed by atoms with Crippen LogP contribution in [0.15, 0.2) is 12.3 Å². The SMILES string of the molecule is CCOC=Cc1cc(COCC2CC2)nc(Cl)n1. The van der Waals surface area contributed by atoms with Gasteiger partial charge in [0, 0.05) is 6.61 Å². The summed E-state index contributed by atoms with van der Waals surface area (Å²) in [4.78, 5) is 8.23. The first-order valence-electron chi connectivity index (χ1n) is 6.17. The van der Waals surface area contributed by atoms with Crippen molar-refractivity contribution in [2.45, 2.75) is 26.4 Å². The summed E-state index contributed by atoms with van der Waals surface area (Å²) < 4.78 is 10.7. The van der Waals surface area contributed by atoms with E-state index in [2.05, 4.69) is 9.97 Å². The van der Waals surface area contributed by atoms with Gasteiger partial charge < -0.3 is 9.47 Å². The highest BCUT2D eigenvalue weighted by molar-refractivity contribution is 6.28. The first kappa shape index (κ1) is 13.3. The van der Waals surface area contributed by atoms with Crippen LogP contribution in [0.3, 0.4) is 0 Å². The van der Waals surface area contributed by atoms with E-state index < -0.39 is 0 Å². The van der Waals surface area contributed by atoms with Crippen molar-refractivity contribution >= 4 is 17.7 Å². The zero-order chi connectivity index (χ0) is 12.8. The minimum absolute atomic E-state index is 0.235. The van der Waals surface area contributed by atoms with Crippen molar-refractivity contribution in [1.29, 1.82) is 0 Å². The van der Waals surface area contributed by atoms with Crippen molar-refractivity contribution in [1.82, 2.24) is 9.97 Å². The van der Waals surface area contributed by atoms with Crippen LogP contribution < -0.4 is 0 Å². The molecule has 1 aromatic heterocycles. The maximum absolute atomic E-state index is 5.86. The molecule has 5 heteroatoms. The number of ether oxygens (including phenoxy) is 2. The van der Waals surface area contributed by atoms with Gasteiger partial charge in [-0.25, -0.2) is 9.97 Å². The molecule has 18 heavy (non-hydrogen) atoms. The van der Waals surface area contributed by atoms with Crippen LogP contribution in [-0.2, 0) is 16.1 Å². The summed E-state index contributed by atoms with van der Waals surface area (Å²) in [5.41, 5.74) is 1.53. The minimum atomic E-state index is 0.235. The summed E-state index contributed by atoms with van der Waals surface area (Å²) in [6, 6.07) is 1.86. The first-order valence-corrected chi connectivity index (χ1v) is 6.55. The van der Waals surface area contributed by atoms with E-state index in [9.17, 15) is 0 Å². The van der Waals surface area contributed by atoms with Crippen molar-refractivity contribution in [3.63, 3.8) is 0 Å². The molecule has 1 aliphatic rings. The van der Waals surface area contributed by atoms with Crippen molar-refractivity contribution in [2.75, 3.05) is 13.2 Å². The molecule has 0 aromatic carbocycles. The van der Waals surface area contributed by atoms with Crippen molar-refractivity contribution in [3.8, 4) is 0 Å². The zero-order valence-corrected chi connectivity index (χ0v) is 11.2. The summed E-state index contributed by atoms with van der Waals surface area (Å²) in [6.45, 7) is 3.85. The number of halogens is 1. The molecule has 0 atom stereocenters. The molecule has 4 nitrogen and oxygen atoms in total. The van der Waals surface area contributed by atoms with Crippen molar-refractivity contribution in [2.24, 2.45) is 5.92 Å². The van der Waals surface area contributed by atoms with Crippen LogP contribution >= 0.6 is 11.6 Å². The predicted octanol–water partition coefficient (Wildman–Crippen LogP) is 3.06. The molecule has 0 radical (unpaired) electrons. The second-order valence-electron chi connectivity index (χ2n) is 4.27. The lowest BCUT2D eigenvalue weighted by molar-refractivity contribution is 0.108. The molecule has 0 bridgehead atoms. The summed E-state index contributed by atoms with van der Waals surface area (Å²) >= 11 is 5.86.